The molecule has 0 aliphatic carbocycles. The molecule has 0 radical (unpaired) electrons. The normalized spacial score (nSPS) is 12.0. The second-order valence-corrected chi connectivity index (χ2v) is 5.59. The van der Waals surface area contributed by atoms with E-state index in [1.54, 1.807) is 7.05 Å². The fourth-order valence-electron chi connectivity index (χ4n) is 2.20. The molecule has 0 saturated carbocycles. The summed E-state index contributed by atoms with van der Waals surface area (Å²) < 4.78 is 7.51. The van der Waals surface area contributed by atoms with Crippen molar-refractivity contribution in [3.8, 4) is 5.75 Å². The number of para-hydroxylation sites is 1. The maximum Gasteiger partial charge on any atom is 0.257 e. The number of carbonyl (C=O) groups is 1. The van der Waals surface area contributed by atoms with Crippen molar-refractivity contribution >= 4 is 5.91 Å². The molecule has 2 N–H and O–H groups in total. The largest absolute Gasteiger partial charge is 0.483 e. The number of benzene rings is 1. The Hall–Kier alpha value is -2.34. The fourth-order valence-corrected chi connectivity index (χ4v) is 2.20. The molecular weight excluding hydrogens is 292 g/mol. The Morgan fingerprint density at radius 3 is 2.87 bits per heavy atom. The number of nitrogens with zero attached hydrogens (tertiary/aromatic N) is 2. The van der Waals surface area contributed by atoms with Gasteiger partial charge in [0.1, 0.15) is 5.75 Å². The van der Waals surface area contributed by atoms with Crippen molar-refractivity contribution in [1.82, 2.24) is 20.4 Å². The molecule has 23 heavy (non-hydrogen) atoms. The van der Waals surface area contributed by atoms with Crippen LogP contribution in [-0.2, 0) is 17.9 Å². The third-order valence-electron chi connectivity index (χ3n) is 3.47. The molecule has 1 atom stereocenters. The summed E-state index contributed by atoms with van der Waals surface area (Å²) in [4.78, 5) is 11.3. The summed E-state index contributed by atoms with van der Waals surface area (Å²) in [5.41, 5.74) is 2.19. The minimum atomic E-state index is -0.143. The molecule has 0 aliphatic rings. The van der Waals surface area contributed by atoms with Crippen LogP contribution in [0, 0.1) is 6.92 Å². The van der Waals surface area contributed by atoms with Gasteiger partial charge in [-0.25, -0.2) is 0 Å². The third kappa shape index (κ3) is 5.41. The van der Waals surface area contributed by atoms with E-state index in [9.17, 15) is 4.79 Å². The molecule has 2 rings (SSSR count). The van der Waals surface area contributed by atoms with E-state index >= 15 is 0 Å². The molecule has 0 aliphatic heterocycles. The summed E-state index contributed by atoms with van der Waals surface area (Å²) in [6, 6.07) is 8.00. The zero-order valence-electron chi connectivity index (χ0n) is 13.9. The highest BCUT2D eigenvalue weighted by Gasteiger charge is 2.08. The summed E-state index contributed by atoms with van der Waals surface area (Å²) in [6.07, 6.45) is 3.88. The van der Waals surface area contributed by atoms with E-state index in [0.29, 0.717) is 6.54 Å². The van der Waals surface area contributed by atoms with Gasteiger partial charge in [0.25, 0.3) is 5.91 Å². The molecule has 124 valence electrons. The SMILES string of the molecule is CNC(=O)COc1ccccc1CN[C@H](C)Cn1cc(C)cn1. The van der Waals surface area contributed by atoms with Crippen LogP contribution in [0.25, 0.3) is 0 Å². The molecule has 2 aromatic rings. The van der Waals surface area contributed by atoms with Crippen LogP contribution >= 0.6 is 0 Å². The third-order valence-corrected chi connectivity index (χ3v) is 3.47. The van der Waals surface area contributed by atoms with Gasteiger partial charge in [0.2, 0.25) is 0 Å². The Bertz CT molecular complexity index is 639. The smallest absolute Gasteiger partial charge is 0.257 e. The van der Waals surface area contributed by atoms with Crippen molar-refractivity contribution in [2.24, 2.45) is 0 Å². The van der Waals surface area contributed by atoms with Crippen LogP contribution in [0.4, 0.5) is 0 Å². The maximum absolute atomic E-state index is 11.3. The van der Waals surface area contributed by atoms with E-state index in [1.165, 1.54) is 0 Å². The van der Waals surface area contributed by atoms with Crippen molar-refractivity contribution in [2.75, 3.05) is 13.7 Å². The molecule has 1 aromatic carbocycles. The van der Waals surface area contributed by atoms with Crippen LogP contribution < -0.4 is 15.4 Å². The zero-order valence-corrected chi connectivity index (χ0v) is 13.9. The van der Waals surface area contributed by atoms with E-state index in [0.717, 1.165) is 23.4 Å². The quantitative estimate of drug-likeness (QED) is 0.774. The molecule has 0 saturated heterocycles. The van der Waals surface area contributed by atoms with Crippen LogP contribution in [0.1, 0.15) is 18.1 Å². The molecule has 6 nitrogen and oxygen atoms in total. The molecule has 1 aromatic heterocycles. The number of ether oxygens (including phenoxy) is 1. The van der Waals surface area contributed by atoms with Gasteiger partial charge in [-0.3, -0.25) is 9.48 Å². The van der Waals surface area contributed by atoms with Crippen LogP contribution in [0.3, 0.4) is 0 Å². The average molecular weight is 316 g/mol. The van der Waals surface area contributed by atoms with Gasteiger partial charge in [-0.1, -0.05) is 18.2 Å². The highest BCUT2D eigenvalue weighted by atomic mass is 16.5. The van der Waals surface area contributed by atoms with E-state index in [2.05, 4.69) is 22.7 Å². The highest BCUT2D eigenvalue weighted by molar-refractivity contribution is 5.77. The lowest BCUT2D eigenvalue weighted by Crippen LogP contribution is -2.30. The minimum Gasteiger partial charge on any atom is -0.483 e. The number of hydrogen-bond acceptors (Lipinski definition) is 4. The predicted molar refractivity (Wildman–Crippen MR) is 89.3 cm³/mol. The van der Waals surface area contributed by atoms with Gasteiger partial charge < -0.3 is 15.4 Å². The second kappa shape index (κ2) is 8.33. The molecule has 0 spiro atoms. The monoisotopic (exact) mass is 316 g/mol. The lowest BCUT2D eigenvalue weighted by molar-refractivity contribution is -0.122. The summed E-state index contributed by atoms with van der Waals surface area (Å²) in [7, 11) is 1.60. The first-order valence-corrected chi connectivity index (χ1v) is 7.72. The van der Waals surface area contributed by atoms with Gasteiger partial charge in [-0.15, -0.1) is 0 Å². The number of aromatic nitrogens is 2. The van der Waals surface area contributed by atoms with Crippen molar-refractivity contribution in [3.05, 3.63) is 47.8 Å². The summed E-state index contributed by atoms with van der Waals surface area (Å²) in [5, 5.41) is 10.3. The zero-order chi connectivity index (χ0) is 16.7. The van der Waals surface area contributed by atoms with Crippen LogP contribution in [0.2, 0.25) is 0 Å². The van der Waals surface area contributed by atoms with Crippen molar-refractivity contribution in [3.63, 3.8) is 0 Å². The number of hydrogen-bond donors (Lipinski definition) is 2. The Balaban J connectivity index is 1.88. The number of carbonyl (C=O) groups excluding carboxylic acids is 1. The van der Waals surface area contributed by atoms with Gasteiger partial charge in [-0.05, 0) is 25.5 Å². The standard InChI is InChI=1S/C17H24N4O2/c1-13-8-20-21(10-13)11-14(2)19-9-15-6-4-5-7-16(15)23-12-17(22)18-3/h4-8,10,14,19H,9,11-12H2,1-3H3,(H,18,22)/t14-/m1/s1. The first-order valence-electron chi connectivity index (χ1n) is 7.72. The Morgan fingerprint density at radius 2 is 2.17 bits per heavy atom. The number of rotatable bonds is 8. The van der Waals surface area contributed by atoms with Crippen LogP contribution in [0.15, 0.2) is 36.7 Å². The van der Waals surface area contributed by atoms with E-state index < -0.39 is 0 Å². The molecule has 1 heterocycles. The van der Waals surface area contributed by atoms with Gasteiger partial charge in [0.15, 0.2) is 6.61 Å². The van der Waals surface area contributed by atoms with E-state index in [-0.39, 0.29) is 18.6 Å². The molecule has 6 heteroatoms. The second-order valence-electron chi connectivity index (χ2n) is 5.59. The molecule has 1 amide bonds. The van der Waals surface area contributed by atoms with Gasteiger partial charge in [-0.2, -0.15) is 5.10 Å². The predicted octanol–water partition coefficient (Wildman–Crippen LogP) is 1.49. The van der Waals surface area contributed by atoms with Crippen molar-refractivity contribution in [1.29, 1.82) is 0 Å². The number of likely N-dealkylation sites (N-methyl/N-ethyl adjacent to an activating group) is 1. The average Bonchev–Trinajstić information content (AvgIpc) is 2.96. The molecular formula is C17H24N4O2. The maximum atomic E-state index is 11.3. The summed E-state index contributed by atoms with van der Waals surface area (Å²) >= 11 is 0. The summed E-state index contributed by atoms with van der Waals surface area (Å²) in [6.45, 7) is 5.64. The fraction of sp³-hybridized carbons (Fsp3) is 0.412. The van der Waals surface area contributed by atoms with Crippen molar-refractivity contribution in [2.45, 2.75) is 33.0 Å². The van der Waals surface area contributed by atoms with Gasteiger partial charge in [0, 0.05) is 31.4 Å². The first-order chi connectivity index (χ1) is 11.1. The Labute approximate surface area is 136 Å². The van der Waals surface area contributed by atoms with Crippen molar-refractivity contribution < 1.29 is 9.53 Å². The highest BCUT2D eigenvalue weighted by Crippen LogP contribution is 2.17. The topological polar surface area (TPSA) is 68.2 Å². The molecule has 0 bridgehead atoms. The Kier molecular flexibility index (Phi) is 6.17. The van der Waals surface area contributed by atoms with E-state index in [1.807, 2.05) is 48.3 Å². The number of nitrogens with one attached hydrogen (secondary N) is 2. The van der Waals surface area contributed by atoms with E-state index in [4.69, 9.17) is 4.74 Å². The lowest BCUT2D eigenvalue weighted by Gasteiger charge is -2.16. The molecule has 0 unspecified atom stereocenters. The number of amides is 1. The lowest BCUT2D eigenvalue weighted by atomic mass is 10.2. The summed E-state index contributed by atoms with van der Waals surface area (Å²) in [5.74, 6) is 0.584. The number of aryl methyl sites for hydroxylation is 1. The van der Waals surface area contributed by atoms with Gasteiger partial charge >= 0.3 is 0 Å². The molecule has 0 fully saturated rings. The first kappa shape index (κ1) is 17.0. The minimum absolute atomic E-state index is 0.0234. The van der Waals surface area contributed by atoms with Crippen LogP contribution in [0.5, 0.6) is 5.75 Å². The van der Waals surface area contributed by atoms with Gasteiger partial charge in [0.05, 0.1) is 12.7 Å². The Morgan fingerprint density at radius 1 is 1.39 bits per heavy atom. The van der Waals surface area contributed by atoms with Crippen LogP contribution in [-0.4, -0.2) is 35.4 Å².